The summed E-state index contributed by atoms with van der Waals surface area (Å²) in [6.45, 7) is 3.81. The summed E-state index contributed by atoms with van der Waals surface area (Å²) in [5.41, 5.74) is 0. The second kappa shape index (κ2) is 40.9. The van der Waals surface area contributed by atoms with Gasteiger partial charge in [-0.2, -0.15) is 8.42 Å². The third-order valence-electron chi connectivity index (χ3n) is 12.4. The van der Waals surface area contributed by atoms with Gasteiger partial charge in [-0.3, -0.25) is 14.1 Å². The lowest BCUT2D eigenvalue weighted by atomic mass is 10.00. The van der Waals surface area contributed by atoms with Crippen LogP contribution in [-0.2, 0) is 38.7 Å². The summed E-state index contributed by atoms with van der Waals surface area (Å²) in [7, 11) is -4.60. The van der Waals surface area contributed by atoms with Gasteiger partial charge in [-0.1, -0.05) is 226 Å². The lowest BCUT2D eigenvalue weighted by Gasteiger charge is -2.40. The Morgan fingerprint density at radius 3 is 1.16 bits per heavy atom. The molecule has 63 heavy (non-hydrogen) atoms. The molecule has 0 amide bonds. The molecular weight excluding hydrogens is 825 g/mol. The fourth-order valence-corrected chi connectivity index (χ4v) is 9.08. The van der Waals surface area contributed by atoms with Crippen LogP contribution in [0.15, 0.2) is 0 Å². The molecule has 1 aliphatic rings. The topological polar surface area (TPSA) is 186 Å². The molecule has 1 heterocycles. The number of ether oxygens (including phenoxy) is 4. The fraction of sp³-hybridized carbons (Fsp3) is 0.960. The molecule has 0 aliphatic carbocycles. The van der Waals surface area contributed by atoms with Crippen molar-refractivity contribution < 1.29 is 56.8 Å². The first-order valence-corrected chi connectivity index (χ1v) is 27.7. The van der Waals surface area contributed by atoms with Crippen molar-refractivity contribution in [1.82, 2.24) is 0 Å². The van der Waals surface area contributed by atoms with Crippen LogP contribution in [0.4, 0.5) is 0 Å². The lowest BCUT2D eigenvalue weighted by molar-refractivity contribution is -0.297. The van der Waals surface area contributed by atoms with Crippen LogP contribution in [0, 0.1) is 0 Å². The number of hydrogen-bond acceptors (Lipinski definition) is 11. The van der Waals surface area contributed by atoms with Gasteiger partial charge < -0.3 is 34.3 Å². The van der Waals surface area contributed by atoms with Gasteiger partial charge in [0.05, 0.1) is 6.61 Å². The van der Waals surface area contributed by atoms with E-state index < -0.39 is 71.2 Å². The van der Waals surface area contributed by atoms with Gasteiger partial charge >= 0.3 is 11.9 Å². The number of carbonyl (C=O) groups is 2. The molecule has 0 radical (unpaired) electrons. The van der Waals surface area contributed by atoms with E-state index in [1.165, 1.54) is 173 Å². The van der Waals surface area contributed by atoms with E-state index in [1.54, 1.807) is 0 Å². The smallest absolute Gasteiger partial charge is 0.306 e. The van der Waals surface area contributed by atoms with Crippen molar-refractivity contribution in [2.75, 3.05) is 19.0 Å². The molecule has 1 saturated heterocycles. The van der Waals surface area contributed by atoms with E-state index in [2.05, 4.69) is 13.8 Å². The predicted molar refractivity (Wildman–Crippen MR) is 252 cm³/mol. The zero-order valence-electron chi connectivity index (χ0n) is 40.2. The van der Waals surface area contributed by atoms with E-state index in [4.69, 9.17) is 18.9 Å². The van der Waals surface area contributed by atoms with Crippen LogP contribution in [0.3, 0.4) is 0 Å². The third kappa shape index (κ3) is 35.5. The number of rotatable bonds is 45. The Morgan fingerprint density at radius 1 is 0.476 bits per heavy atom. The van der Waals surface area contributed by atoms with Gasteiger partial charge in [0.1, 0.15) is 36.8 Å². The Morgan fingerprint density at radius 2 is 0.810 bits per heavy atom. The van der Waals surface area contributed by atoms with Gasteiger partial charge in [-0.05, 0) is 12.8 Å². The summed E-state index contributed by atoms with van der Waals surface area (Å²) < 4.78 is 54.2. The molecule has 0 saturated carbocycles. The van der Waals surface area contributed by atoms with E-state index in [9.17, 15) is 37.9 Å². The minimum atomic E-state index is -4.60. The summed E-state index contributed by atoms with van der Waals surface area (Å²) in [5.74, 6) is -1.96. The van der Waals surface area contributed by atoms with Gasteiger partial charge in [-0.25, -0.2) is 0 Å². The van der Waals surface area contributed by atoms with Crippen molar-refractivity contribution in [3.8, 4) is 0 Å². The first kappa shape index (κ1) is 59.7. The number of aliphatic hydroxyl groups is 3. The summed E-state index contributed by atoms with van der Waals surface area (Å²) in [4.78, 5) is 25.5. The van der Waals surface area contributed by atoms with Crippen LogP contribution in [0.2, 0.25) is 0 Å². The van der Waals surface area contributed by atoms with E-state index in [0.717, 1.165) is 38.5 Å². The molecule has 1 fully saturated rings. The van der Waals surface area contributed by atoms with Crippen molar-refractivity contribution in [3.63, 3.8) is 0 Å². The number of carbonyl (C=O) groups excluding carboxylic acids is 2. The Labute approximate surface area is 384 Å². The highest BCUT2D eigenvalue weighted by molar-refractivity contribution is 7.85. The van der Waals surface area contributed by atoms with Crippen LogP contribution in [0.25, 0.3) is 0 Å². The van der Waals surface area contributed by atoms with Crippen molar-refractivity contribution in [2.45, 2.75) is 288 Å². The zero-order chi connectivity index (χ0) is 46.2. The Kier molecular flexibility index (Phi) is 38.7. The van der Waals surface area contributed by atoms with Gasteiger partial charge in [0.2, 0.25) is 0 Å². The summed E-state index contributed by atoms with van der Waals surface area (Å²) in [6.07, 6.45) is 34.3. The maximum Gasteiger partial charge on any atom is 0.306 e. The minimum absolute atomic E-state index is 0.172. The SMILES string of the molecule is CCCCCCCCCCCCCCCCCCCCCCCC(=O)OC[C@H](CO[C@H]1O[C@H](CS(=O)(=O)O)[C@@H](O)C(O)C1O)OC(=O)CCCCCCCCCCCCCCCC. The Bertz CT molecular complexity index is 1170. The summed E-state index contributed by atoms with van der Waals surface area (Å²) >= 11 is 0. The molecule has 4 N–H and O–H groups in total. The molecule has 374 valence electrons. The average molecular weight is 921 g/mol. The molecular formula is C50H96O12S. The van der Waals surface area contributed by atoms with Crippen LogP contribution in [-0.4, -0.2) is 96.0 Å². The van der Waals surface area contributed by atoms with Gasteiger partial charge in [-0.15, -0.1) is 0 Å². The standard InChI is InChI=1S/C50H96O12S/c1-3-5-7-9-11-13-15-17-19-20-21-22-23-24-25-27-28-30-32-34-36-38-45(51)59-40-43(41-60-50-49(55)48(54)47(53)44(62-50)42-63(56,57)58)61-46(52)39-37-35-33-31-29-26-18-16-14-12-10-8-6-4-2/h43-44,47-50,53-55H,3-42H2,1-2H3,(H,56,57,58)/t43-,44-,47-,48?,49?,50+/m1/s1. The predicted octanol–water partition coefficient (Wildman–Crippen LogP) is 11.6. The van der Waals surface area contributed by atoms with Gasteiger partial charge in [0.15, 0.2) is 12.4 Å². The monoisotopic (exact) mass is 921 g/mol. The Hall–Kier alpha value is -1.35. The average Bonchev–Trinajstić information content (AvgIpc) is 3.25. The van der Waals surface area contributed by atoms with E-state index in [1.807, 2.05) is 0 Å². The first-order valence-electron chi connectivity index (χ1n) is 26.1. The molecule has 13 heteroatoms. The summed E-state index contributed by atoms with van der Waals surface area (Å²) in [5, 5.41) is 31.0. The van der Waals surface area contributed by atoms with Gasteiger partial charge in [0.25, 0.3) is 10.1 Å². The third-order valence-corrected chi connectivity index (χ3v) is 13.2. The maximum absolute atomic E-state index is 12.8. The highest BCUT2D eigenvalue weighted by Gasteiger charge is 2.46. The number of unbranched alkanes of at least 4 members (excludes halogenated alkanes) is 33. The van der Waals surface area contributed by atoms with Crippen LogP contribution in [0.5, 0.6) is 0 Å². The number of esters is 2. The van der Waals surface area contributed by atoms with Crippen molar-refractivity contribution >= 4 is 22.1 Å². The van der Waals surface area contributed by atoms with Crippen LogP contribution in [0.1, 0.15) is 251 Å². The van der Waals surface area contributed by atoms with Crippen molar-refractivity contribution in [2.24, 2.45) is 0 Å². The maximum atomic E-state index is 12.8. The molecule has 1 rings (SSSR count). The van der Waals surface area contributed by atoms with Gasteiger partial charge in [0, 0.05) is 12.8 Å². The second-order valence-electron chi connectivity index (χ2n) is 18.6. The van der Waals surface area contributed by atoms with Crippen LogP contribution >= 0.6 is 0 Å². The molecule has 2 unspecified atom stereocenters. The van der Waals surface area contributed by atoms with Crippen LogP contribution < -0.4 is 0 Å². The largest absolute Gasteiger partial charge is 0.462 e. The molecule has 0 aromatic heterocycles. The highest BCUT2D eigenvalue weighted by Crippen LogP contribution is 2.24. The molecule has 0 aromatic rings. The van der Waals surface area contributed by atoms with E-state index in [0.29, 0.717) is 12.8 Å². The van der Waals surface area contributed by atoms with E-state index >= 15 is 0 Å². The minimum Gasteiger partial charge on any atom is -0.462 e. The van der Waals surface area contributed by atoms with Crippen molar-refractivity contribution in [3.05, 3.63) is 0 Å². The van der Waals surface area contributed by atoms with Crippen molar-refractivity contribution in [1.29, 1.82) is 0 Å². The molecule has 0 spiro atoms. The summed E-state index contributed by atoms with van der Waals surface area (Å²) in [6, 6.07) is 0. The zero-order valence-corrected chi connectivity index (χ0v) is 41.0. The molecule has 6 atom stereocenters. The molecule has 12 nitrogen and oxygen atoms in total. The first-order chi connectivity index (χ1) is 30.5. The molecule has 0 aromatic carbocycles. The molecule has 1 aliphatic heterocycles. The second-order valence-corrected chi connectivity index (χ2v) is 20.1. The number of aliphatic hydroxyl groups excluding tert-OH is 3. The fourth-order valence-electron chi connectivity index (χ4n) is 8.39. The number of hydrogen-bond donors (Lipinski definition) is 4. The quantitative estimate of drug-likeness (QED) is 0.0258. The Balaban J connectivity index is 2.32. The molecule has 0 bridgehead atoms. The van der Waals surface area contributed by atoms with E-state index in [-0.39, 0.29) is 19.4 Å². The normalized spacial score (nSPS) is 19.6. The lowest BCUT2D eigenvalue weighted by Crippen LogP contribution is -2.60. The highest BCUT2D eigenvalue weighted by atomic mass is 32.2.